The Morgan fingerprint density at radius 2 is 1.86 bits per heavy atom. The number of halogens is 1. The van der Waals surface area contributed by atoms with Gasteiger partial charge in [0.1, 0.15) is 0 Å². The Bertz CT molecular complexity index is 1380. The smallest absolute Gasteiger partial charge is 0.227 e. The first kappa shape index (κ1) is 24.3. The number of likely N-dealkylation sites (tertiary alicyclic amines) is 1. The largest absolute Gasteiger partial charge is 0.391 e. The maximum Gasteiger partial charge on any atom is 0.227 e. The monoisotopic (exact) mass is 516 g/mol. The maximum atomic E-state index is 10.6. The molecule has 2 aromatic carbocycles. The fourth-order valence-electron chi connectivity index (χ4n) is 5.47. The first-order valence-corrected chi connectivity index (χ1v) is 13.6. The van der Waals surface area contributed by atoms with Crippen LogP contribution in [0.5, 0.6) is 0 Å². The molecule has 3 heterocycles. The number of rotatable bonds is 8. The average Bonchev–Trinajstić information content (AvgIpc) is 3.68. The number of piperidine rings is 1. The van der Waals surface area contributed by atoms with Crippen molar-refractivity contribution in [2.24, 2.45) is 0 Å². The quantitative estimate of drug-likeness (QED) is 0.315. The van der Waals surface area contributed by atoms with Gasteiger partial charge < -0.3 is 15.3 Å². The van der Waals surface area contributed by atoms with Crippen LogP contribution in [0.2, 0.25) is 5.02 Å². The molecule has 1 aliphatic heterocycles. The molecule has 2 N–H and O–H groups in total. The molecule has 4 aromatic rings. The molecule has 2 aromatic heterocycles. The lowest BCUT2D eigenvalue weighted by Gasteiger charge is -2.33. The van der Waals surface area contributed by atoms with Gasteiger partial charge in [-0.05, 0) is 81.3 Å². The van der Waals surface area contributed by atoms with E-state index in [1.165, 1.54) is 18.4 Å². The second kappa shape index (κ2) is 10.4. The topological polar surface area (TPSA) is 79.1 Å². The van der Waals surface area contributed by atoms with Crippen molar-refractivity contribution in [2.75, 3.05) is 25.0 Å². The van der Waals surface area contributed by atoms with Gasteiger partial charge >= 0.3 is 0 Å². The molecule has 2 aliphatic rings. The Morgan fingerprint density at radius 1 is 1.08 bits per heavy atom. The van der Waals surface area contributed by atoms with E-state index >= 15 is 0 Å². The molecule has 1 saturated carbocycles. The molecule has 2 fully saturated rings. The maximum absolute atomic E-state index is 10.6. The van der Waals surface area contributed by atoms with Crippen LogP contribution in [0.1, 0.15) is 54.5 Å². The van der Waals surface area contributed by atoms with Crippen molar-refractivity contribution in [3.63, 3.8) is 0 Å². The van der Waals surface area contributed by atoms with E-state index in [9.17, 15) is 5.11 Å². The normalized spacial score (nSPS) is 17.8. The van der Waals surface area contributed by atoms with Gasteiger partial charge in [0, 0.05) is 23.2 Å². The zero-order chi connectivity index (χ0) is 25.4. The van der Waals surface area contributed by atoms with Crippen molar-refractivity contribution in [2.45, 2.75) is 57.1 Å². The van der Waals surface area contributed by atoms with E-state index in [4.69, 9.17) is 16.6 Å². The molecule has 0 amide bonds. The minimum absolute atomic E-state index is 0.356. The minimum atomic E-state index is -0.356. The Kier molecular flexibility index (Phi) is 6.84. The highest BCUT2D eigenvalue weighted by Gasteiger charge is 2.27. The van der Waals surface area contributed by atoms with Gasteiger partial charge in [-0.15, -0.1) is 0 Å². The fraction of sp³-hybridized carbons (Fsp3) is 0.414. The van der Waals surface area contributed by atoms with Crippen LogP contribution in [0.15, 0.2) is 54.9 Å². The molecule has 7 nitrogen and oxygen atoms in total. The van der Waals surface area contributed by atoms with Gasteiger partial charge in [-0.3, -0.25) is 4.68 Å². The second-order valence-corrected chi connectivity index (χ2v) is 10.9. The lowest BCUT2D eigenvalue weighted by molar-refractivity contribution is 0.0972. The van der Waals surface area contributed by atoms with E-state index in [1.54, 1.807) is 0 Å². The zero-order valence-electron chi connectivity index (χ0n) is 21.1. The number of aromatic nitrogens is 4. The van der Waals surface area contributed by atoms with E-state index in [1.807, 2.05) is 36.7 Å². The molecule has 6 rings (SSSR count). The van der Waals surface area contributed by atoms with Crippen molar-refractivity contribution >= 4 is 34.1 Å². The number of nitrogens with zero attached hydrogens (tertiary/aromatic N) is 5. The summed E-state index contributed by atoms with van der Waals surface area (Å²) in [4.78, 5) is 11.7. The van der Waals surface area contributed by atoms with Gasteiger partial charge in [0.25, 0.3) is 0 Å². The van der Waals surface area contributed by atoms with E-state index in [0.717, 1.165) is 58.8 Å². The van der Waals surface area contributed by atoms with Crippen LogP contribution in [0, 0.1) is 6.92 Å². The summed E-state index contributed by atoms with van der Waals surface area (Å²) in [6.07, 6.45) is 8.45. The van der Waals surface area contributed by atoms with Crippen LogP contribution in [0.25, 0.3) is 10.9 Å². The highest BCUT2D eigenvalue weighted by atomic mass is 35.5. The number of benzene rings is 2. The summed E-state index contributed by atoms with van der Waals surface area (Å²) in [6.45, 7) is 4.68. The van der Waals surface area contributed by atoms with Crippen molar-refractivity contribution in [3.8, 4) is 0 Å². The van der Waals surface area contributed by atoms with Crippen molar-refractivity contribution < 1.29 is 5.11 Å². The molecule has 0 spiro atoms. The second-order valence-electron chi connectivity index (χ2n) is 10.5. The van der Waals surface area contributed by atoms with Crippen molar-refractivity contribution in [1.82, 2.24) is 24.6 Å². The molecule has 192 valence electrons. The minimum Gasteiger partial charge on any atom is -0.391 e. The number of hydrogen-bond acceptors (Lipinski definition) is 6. The highest BCUT2D eigenvalue weighted by Crippen LogP contribution is 2.37. The summed E-state index contributed by atoms with van der Waals surface area (Å²) in [5, 5.41) is 20.2. The number of nitrogens with one attached hydrogen (secondary N) is 1. The summed E-state index contributed by atoms with van der Waals surface area (Å²) in [6, 6.07) is 14.9. The predicted molar refractivity (Wildman–Crippen MR) is 148 cm³/mol. The predicted octanol–water partition coefficient (Wildman–Crippen LogP) is 5.65. The van der Waals surface area contributed by atoms with E-state index in [0.29, 0.717) is 30.9 Å². The van der Waals surface area contributed by atoms with Crippen LogP contribution < -0.4 is 5.32 Å². The molecule has 37 heavy (non-hydrogen) atoms. The Morgan fingerprint density at radius 3 is 2.62 bits per heavy atom. The zero-order valence-corrected chi connectivity index (χ0v) is 21.9. The molecular weight excluding hydrogens is 484 g/mol. The number of anilines is 2. The number of fused-ring (bicyclic) bond motifs is 1. The van der Waals surface area contributed by atoms with Crippen LogP contribution in [-0.2, 0) is 6.42 Å². The van der Waals surface area contributed by atoms with Gasteiger partial charge in [0.15, 0.2) is 0 Å². The van der Waals surface area contributed by atoms with Gasteiger partial charge in [0.2, 0.25) is 5.95 Å². The molecule has 0 radical (unpaired) electrons. The van der Waals surface area contributed by atoms with Crippen molar-refractivity contribution in [3.05, 3.63) is 76.7 Å². The molecule has 1 aliphatic carbocycles. The van der Waals surface area contributed by atoms with Crippen LogP contribution in [0.3, 0.4) is 0 Å². The summed E-state index contributed by atoms with van der Waals surface area (Å²) >= 11 is 6.74. The van der Waals surface area contributed by atoms with Crippen LogP contribution in [-0.4, -0.2) is 55.5 Å². The van der Waals surface area contributed by atoms with E-state index < -0.39 is 0 Å². The number of aliphatic hydroxyl groups is 1. The van der Waals surface area contributed by atoms with Gasteiger partial charge in [-0.1, -0.05) is 41.9 Å². The third-order valence-corrected chi connectivity index (χ3v) is 8.02. The molecule has 1 atom stereocenters. The molecule has 1 unspecified atom stereocenters. The molecule has 8 heteroatoms. The third kappa shape index (κ3) is 5.49. The van der Waals surface area contributed by atoms with Crippen LogP contribution in [0.4, 0.5) is 11.6 Å². The Balaban J connectivity index is 1.11. The first-order valence-electron chi connectivity index (χ1n) is 13.2. The number of β-amino-alcohol motifs (C(OH)–C–C–N with tert-alkyl or cyclic N) is 1. The number of hydrogen-bond donors (Lipinski definition) is 2. The SMILES string of the molecule is Cc1c(Nc2ncc3cc(Cl)c(C4CCN(CC(O)Cc5ccccc5)CC4)cc3n2)cnn1C1CC1. The van der Waals surface area contributed by atoms with Gasteiger partial charge in [-0.2, -0.15) is 5.10 Å². The van der Waals surface area contributed by atoms with E-state index in [2.05, 4.69) is 50.1 Å². The molecule has 0 bridgehead atoms. The summed E-state index contributed by atoms with van der Waals surface area (Å²) < 4.78 is 2.09. The average molecular weight is 517 g/mol. The van der Waals surface area contributed by atoms with Crippen LogP contribution >= 0.6 is 11.6 Å². The fourth-order valence-corrected chi connectivity index (χ4v) is 5.80. The Hall–Kier alpha value is -3.00. The summed E-state index contributed by atoms with van der Waals surface area (Å²) in [5.41, 5.74) is 5.28. The first-order chi connectivity index (χ1) is 18.0. The Labute approximate surface area is 222 Å². The summed E-state index contributed by atoms with van der Waals surface area (Å²) in [7, 11) is 0. The third-order valence-electron chi connectivity index (χ3n) is 7.69. The number of aliphatic hydroxyl groups excluding tert-OH is 1. The van der Waals surface area contributed by atoms with Gasteiger partial charge in [0.05, 0.1) is 35.2 Å². The standard InChI is InChI=1S/C29H33ClN6O/c1-19-28(17-32-36(19)23-7-8-23)34-29-31-16-22-14-26(30)25(15-27(22)33-29)21-9-11-35(12-10-21)18-24(37)13-20-5-3-2-4-6-20/h2-6,14-17,21,23-24,37H,7-13,18H2,1H3,(H,31,33,34). The van der Waals surface area contributed by atoms with Gasteiger partial charge in [-0.25, -0.2) is 9.97 Å². The molecule has 1 saturated heterocycles. The lowest BCUT2D eigenvalue weighted by atomic mass is 9.88. The highest BCUT2D eigenvalue weighted by molar-refractivity contribution is 6.32. The molecular formula is C29H33ClN6O. The van der Waals surface area contributed by atoms with E-state index in [-0.39, 0.29) is 6.10 Å². The lowest BCUT2D eigenvalue weighted by Crippen LogP contribution is -2.39. The summed E-state index contributed by atoms with van der Waals surface area (Å²) in [5.74, 6) is 0.950. The van der Waals surface area contributed by atoms with Crippen molar-refractivity contribution in [1.29, 1.82) is 0 Å².